The zero-order valence-electron chi connectivity index (χ0n) is 19.1. The van der Waals surface area contributed by atoms with Gasteiger partial charge in [0.05, 0.1) is 28.7 Å². The number of benzene rings is 2. The Kier molecular flexibility index (Phi) is 6.28. The molecule has 180 valence electrons. The van der Waals surface area contributed by atoms with Gasteiger partial charge in [0.1, 0.15) is 11.9 Å². The number of fused-ring (bicyclic) bond motifs is 2. The number of carbonyl (C=O) groups is 3. The Morgan fingerprint density at radius 3 is 2.54 bits per heavy atom. The first-order valence-corrected chi connectivity index (χ1v) is 11.7. The molecule has 3 amide bonds. The fraction of sp³-hybridized carbons (Fsp3) is 0.320. The lowest BCUT2D eigenvalue weighted by Gasteiger charge is -2.34. The summed E-state index contributed by atoms with van der Waals surface area (Å²) in [6, 6.07) is 13.3. The van der Waals surface area contributed by atoms with E-state index < -0.39 is 6.04 Å². The fourth-order valence-electron chi connectivity index (χ4n) is 4.52. The maximum Gasteiger partial charge on any atom is 0.258 e. The topological polar surface area (TPSA) is 128 Å². The Labute approximate surface area is 201 Å². The molecule has 1 atom stereocenters. The number of carbonyl (C=O) groups excluding carboxylic acids is 3. The highest BCUT2D eigenvalue weighted by atomic mass is 16.2. The molecule has 0 bridgehead atoms. The van der Waals surface area contributed by atoms with Gasteiger partial charge in [-0.25, -0.2) is 4.98 Å². The fourth-order valence-corrected chi connectivity index (χ4v) is 4.52. The molecule has 0 radical (unpaired) electrons. The van der Waals surface area contributed by atoms with Crippen molar-refractivity contribution in [2.45, 2.75) is 25.4 Å². The van der Waals surface area contributed by atoms with Crippen LogP contribution in [0, 0.1) is 0 Å². The van der Waals surface area contributed by atoms with Crippen molar-refractivity contribution in [3.05, 3.63) is 70.3 Å². The van der Waals surface area contributed by atoms with Gasteiger partial charge in [0, 0.05) is 32.6 Å². The summed E-state index contributed by atoms with van der Waals surface area (Å²) in [6.07, 6.45) is 0.390. The summed E-state index contributed by atoms with van der Waals surface area (Å²) in [4.78, 5) is 61.4. The molecule has 3 N–H and O–H groups in total. The monoisotopic (exact) mass is 474 g/mol. The average Bonchev–Trinajstić information content (AvgIpc) is 2.98. The Bertz CT molecular complexity index is 1350. The second kappa shape index (κ2) is 9.67. The molecule has 0 saturated carbocycles. The van der Waals surface area contributed by atoms with Crippen LogP contribution in [0.25, 0.3) is 10.9 Å². The van der Waals surface area contributed by atoms with Crippen LogP contribution in [-0.2, 0) is 16.1 Å². The van der Waals surface area contributed by atoms with Crippen LogP contribution in [0.4, 0.5) is 5.69 Å². The minimum absolute atomic E-state index is 0.0503. The van der Waals surface area contributed by atoms with Gasteiger partial charge in [-0.05, 0) is 30.7 Å². The highest BCUT2D eigenvalue weighted by Crippen LogP contribution is 2.19. The van der Waals surface area contributed by atoms with E-state index in [4.69, 9.17) is 0 Å². The number of amides is 3. The number of aromatic amines is 1. The number of H-pyrrole nitrogens is 1. The number of piperazine rings is 1. The highest BCUT2D eigenvalue weighted by Gasteiger charge is 2.29. The van der Waals surface area contributed by atoms with Gasteiger partial charge in [-0.15, -0.1) is 0 Å². The molecule has 2 aromatic carbocycles. The van der Waals surface area contributed by atoms with E-state index >= 15 is 0 Å². The van der Waals surface area contributed by atoms with Crippen molar-refractivity contribution in [3.63, 3.8) is 0 Å². The molecule has 2 aliphatic heterocycles. The average molecular weight is 475 g/mol. The van der Waals surface area contributed by atoms with E-state index in [-0.39, 0.29) is 36.1 Å². The molecule has 3 aromatic rings. The minimum Gasteiger partial charge on any atom is -0.340 e. The van der Waals surface area contributed by atoms with Gasteiger partial charge < -0.3 is 20.5 Å². The van der Waals surface area contributed by atoms with Gasteiger partial charge >= 0.3 is 0 Å². The number of para-hydroxylation sites is 2. The summed E-state index contributed by atoms with van der Waals surface area (Å²) in [6.45, 7) is 2.89. The lowest BCUT2D eigenvalue weighted by atomic mass is 10.1. The summed E-state index contributed by atoms with van der Waals surface area (Å²) in [7, 11) is 0. The van der Waals surface area contributed by atoms with Gasteiger partial charge in [-0.3, -0.25) is 24.1 Å². The lowest BCUT2D eigenvalue weighted by molar-refractivity contribution is -0.133. The van der Waals surface area contributed by atoms with Crippen LogP contribution in [0.5, 0.6) is 0 Å². The molecule has 10 heteroatoms. The molecule has 1 fully saturated rings. The van der Waals surface area contributed by atoms with Crippen molar-refractivity contribution in [1.82, 2.24) is 25.1 Å². The molecule has 35 heavy (non-hydrogen) atoms. The smallest absolute Gasteiger partial charge is 0.258 e. The van der Waals surface area contributed by atoms with Gasteiger partial charge in [0.15, 0.2) is 0 Å². The van der Waals surface area contributed by atoms with Gasteiger partial charge in [-0.2, -0.15) is 0 Å². The second-order valence-corrected chi connectivity index (χ2v) is 8.79. The van der Waals surface area contributed by atoms with Crippen molar-refractivity contribution < 1.29 is 14.4 Å². The van der Waals surface area contributed by atoms with Crippen molar-refractivity contribution in [2.24, 2.45) is 0 Å². The highest BCUT2D eigenvalue weighted by molar-refractivity contribution is 6.09. The van der Waals surface area contributed by atoms with Gasteiger partial charge in [0.25, 0.3) is 11.5 Å². The number of nitrogens with zero attached hydrogens (tertiary/aromatic N) is 3. The summed E-state index contributed by atoms with van der Waals surface area (Å²) >= 11 is 0. The van der Waals surface area contributed by atoms with Gasteiger partial charge in [-0.1, -0.05) is 24.3 Å². The summed E-state index contributed by atoms with van der Waals surface area (Å²) in [5, 5.41) is 6.06. The number of hydrogen-bond acceptors (Lipinski definition) is 6. The van der Waals surface area contributed by atoms with E-state index in [1.165, 1.54) is 0 Å². The van der Waals surface area contributed by atoms with E-state index in [1.54, 1.807) is 35.2 Å². The Balaban J connectivity index is 1.13. The minimum atomic E-state index is -0.768. The third kappa shape index (κ3) is 4.92. The normalized spacial score (nSPS) is 18.5. The summed E-state index contributed by atoms with van der Waals surface area (Å²) < 4.78 is 0. The molecular weight excluding hydrogens is 448 g/mol. The zero-order valence-corrected chi connectivity index (χ0v) is 19.1. The standard InChI is InChI=1S/C25H26N6O4/c32-22(10-9-20-25(35)27-19-8-4-2-6-17(19)23(33)28-20)31-13-11-30(12-14-31)15-21-26-18-7-3-1-5-16(18)24(34)29-21/h1-8,20H,9-15H2,(H,27,35)(H,28,33)(H,26,29,34)/t20-/m0/s1. The lowest BCUT2D eigenvalue weighted by Crippen LogP contribution is -2.49. The van der Waals surface area contributed by atoms with Crippen LogP contribution in [-0.4, -0.2) is 69.7 Å². The molecule has 0 aliphatic carbocycles. The number of rotatable bonds is 5. The maximum atomic E-state index is 12.8. The molecule has 10 nitrogen and oxygen atoms in total. The van der Waals surface area contributed by atoms with E-state index in [0.717, 1.165) is 0 Å². The first-order chi connectivity index (χ1) is 17.0. The van der Waals surface area contributed by atoms with Gasteiger partial charge in [0.2, 0.25) is 11.8 Å². The predicted octanol–water partition coefficient (Wildman–Crippen LogP) is 1.10. The van der Waals surface area contributed by atoms with Crippen molar-refractivity contribution in [2.75, 3.05) is 31.5 Å². The summed E-state index contributed by atoms with van der Waals surface area (Å²) in [5.41, 5.74) is 1.39. The SMILES string of the molecule is O=C1N[C@@H](CCC(=O)N2CCN(Cc3nc4ccccc4c(=O)[nH]3)CC2)C(=O)Nc2ccccc21. The Morgan fingerprint density at radius 1 is 0.971 bits per heavy atom. The van der Waals surface area contributed by atoms with Crippen LogP contribution in [0.15, 0.2) is 53.3 Å². The quantitative estimate of drug-likeness (QED) is 0.508. The Morgan fingerprint density at radius 2 is 1.71 bits per heavy atom. The summed E-state index contributed by atoms with van der Waals surface area (Å²) in [5.74, 6) is -0.0987. The number of aromatic nitrogens is 2. The van der Waals surface area contributed by atoms with E-state index in [9.17, 15) is 19.2 Å². The molecule has 0 spiro atoms. The van der Waals surface area contributed by atoms with Crippen molar-refractivity contribution in [3.8, 4) is 0 Å². The van der Waals surface area contributed by atoms with E-state index in [1.807, 2.05) is 18.2 Å². The first kappa shape index (κ1) is 22.7. The molecule has 1 saturated heterocycles. The number of nitrogens with one attached hydrogen (secondary N) is 3. The van der Waals surface area contributed by atoms with Crippen LogP contribution in [0.1, 0.15) is 29.0 Å². The van der Waals surface area contributed by atoms with Crippen molar-refractivity contribution >= 4 is 34.3 Å². The second-order valence-electron chi connectivity index (χ2n) is 8.79. The van der Waals surface area contributed by atoms with Crippen molar-refractivity contribution in [1.29, 1.82) is 0 Å². The predicted molar refractivity (Wildman–Crippen MR) is 130 cm³/mol. The molecular formula is C25H26N6O4. The maximum absolute atomic E-state index is 12.8. The molecule has 1 aromatic heterocycles. The van der Waals surface area contributed by atoms with E-state index in [2.05, 4.69) is 25.5 Å². The number of anilines is 1. The zero-order chi connectivity index (χ0) is 24.4. The largest absolute Gasteiger partial charge is 0.340 e. The molecule has 0 unspecified atom stereocenters. The third-order valence-corrected chi connectivity index (χ3v) is 6.46. The van der Waals surface area contributed by atoms with Crippen LogP contribution in [0.3, 0.4) is 0 Å². The molecule has 2 aliphatic rings. The first-order valence-electron chi connectivity index (χ1n) is 11.7. The molecule has 3 heterocycles. The van der Waals surface area contributed by atoms with Crippen LogP contribution < -0.4 is 16.2 Å². The third-order valence-electron chi connectivity index (χ3n) is 6.46. The van der Waals surface area contributed by atoms with Crippen LogP contribution in [0.2, 0.25) is 0 Å². The van der Waals surface area contributed by atoms with E-state index in [0.29, 0.717) is 60.7 Å². The number of hydrogen-bond donors (Lipinski definition) is 3. The van der Waals surface area contributed by atoms with Crippen LogP contribution >= 0.6 is 0 Å². The Hall–Kier alpha value is -4.05. The molecule has 5 rings (SSSR count).